The van der Waals surface area contributed by atoms with Crippen molar-refractivity contribution in [3.05, 3.63) is 71.8 Å². The molecule has 136 valence electrons. The molecule has 2 fully saturated rings. The number of nitrogens with zero attached hydrogens (tertiary/aromatic N) is 1. The minimum atomic E-state index is 0.703. The van der Waals surface area contributed by atoms with E-state index in [0.717, 1.165) is 11.8 Å². The van der Waals surface area contributed by atoms with Crippen molar-refractivity contribution < 1.29 is 0 Å². The number of nitrogens with one attached hydrogen (secondary N) is 1. The van der Waals surface area contributed by atoms with E-state index in [0.29, 0.717) is 6.04 Å². The maximum Gasteiger partial charge on any atom is 0.0366 e. The van der Waals surface area contributed by atoms with Crippen molar-refractivity contribution in [2.45, 2.75) is 38.1 Å². The van der Waals surface area contributed by atoms with E-state index in [1.54, 1.807) is 0 Å². The maximum absolute atomic E-state index is 3.82. The number of piperidine rings is 1. The molecule has 2 aromatic rings. The van der Waals surface area contributed by atoms with Gasteiger partial charge in [-0.25, -0.2) is 0 Å². The van der Waals surface area contributed by atoms with E-state index in [9.17, 15) is 0 Å². The van der Waals surface area contributed by atoms with Gasteiger partial charge in [0.25, 0.3) is 0 Å². The van der Waals surface area contributed by atoms with E-state index in [1.165, 1.54) is 55.7 Å². The van der Waals surface area contributed by atoms with Crippen molar-refractivity contribution in [3.8, 4) is 0 Å². The Hall–Kier alpha value is -2.06. The van der Waals surface area contributed by atoms with Crippen molar-refractivity contribution in [2.24, 2.45) is 5.92 Å². The third-order valence-corrected chi connectivity index (χ3v) is 5.92. The average Bonchev–Trinajstić information content (AvgIpc) is 3.48. The monoisotopic (exact) mass is 346 g/mol. The Labute approximate surface area is 157 Å². The molecular formula is C24H30N2. The smallest absolute Gasteiger partial charge is 0.0366 e. The molecule has 2 unspecified atom stereocenters. The normalized spacial score (nSPS) is 23.5. The molecule has 1 aliphatic carbocycles. The van der Waals surface area contributed by atoms with Gasteiger partial charge in [-0.05, 0) is 61.9 Å². The predicted molar refractivity (Wildman–Crippen MR) is 112 cm³/mol. The number of allylic oxidation sites excluding steroid dienone is 1. The first kappa shape index (κ1) is 17.4. The van der Waals surface area contributed by atoms with Gasteiger partial charge in [-0.2, -0.15) is 0 Å². The zero-order chi connectivity index (χ0) is 17.8. The van der Waals surface area contributed by atoms with Crippen molar-refractivity contribution in [1.82, 2.24) is 5.32 Å². The molecule has 26 heavy (non-hydrogen) atoms. The Balaban J connectivity index is 1.21. The minimum absolute atomic E-state index is 0.703. The fourth-order valence-electron chi connectivity index (χ4n) is 4.19. The maximum atomic E-state index is 3.82. The van der Waals surface area contributed by atoms with Crippen molar-refractivity contribution in [1.29, 1.82) is 0 Å². The van der Waals surface area contributed by atoms with Gasteiger partial charge in [-0.1, -0.05) is 54.6 Å². The predicted octanol–water partition coefficient (Wildman–Crippen LogP) is 5.08. The van der Waals surface area contributed by atoms with E-state index in [2.05, 4.69) is 83.9 Å². The second-order valence-corrected chi connectivity index (χ2v) is 7.79. The van der Waals surface area contributed by atoms with Crippen LogP contribution in [0.2, 0.25) is 0 Å². The van der Waals surface area contributed by atoms with Crippen LogP contribution in [0, 0.1) is 5.92 Å². The fourth-order valence-corrected chi connectivity index (χ4v) is 4.19. The lowest BCUT2D eigenvalue weighted by atomic mass is 9.96. The zero-order valence-corrected chi connectivity index (χ0v) is 15.8. The standard InChI is InChI=1S/C24H30N2/c1-2-6-19-9-11-22(12-10-19)26-15-13-20(14-16-26)18-25-24-17-23(24)21-7-4-3-5-8-21/h2-12,20,23-25H,13-18H2,1H3/b6-2+. The first-order valence-electron chi connectivity index (χ1n) is 10.1. The molecule has 2 aromatic carbocycles. The molecule has 1 saturated carbocycles. The molecule has 2 nitrogen and oxygen atoms in total. The molecule has 0 amide bonds. The van der Waals surface area contributed by atoms with Crippen LogP contribution in [0.3, 0.4) is 0 Å². The molecule has 2 aliphatic rings. The summed E-state index contributed by atoms with van der Waals surface area (Å²) in [6.45, 7) is 5.61. The van der Waals surface area contributed by atoms with Crippen LogP contribution in [0.15, 0.2) is 60.7 Å². The van der Waals surface area contributed by atoms with Crippen LogP contribution >= 0.6 is 0 Å². The molecule has 1 N–H and O–H groups in total. The lowest BCUT2D eigenvalue weighted by Crippen LogP contribution is -2.37. The third kappa shape index (κ3) is 4.19. The fraction of sp³-hybridized carbons (Fsp3) is 0.417. The molecule has 0 bridgehead atoms. The lowest BCUT2D eigenvalue weighted by Gasteiger charge is -2.34. The Morgan fingerprint density at radius 2 is 1.73 bits per heavy atom. The van der Waals surface area contributed by atoms with Gasteiger partial charge in [0, 0.05) is 30.7 Å². The van der Waals surface area contributed by atoms with Gasteiger partial charge in [0.2, 0.25) is 0 Å². The highest BCUT2D eigenvalue weighted by Crippen LogP contribution is 2.40. The largest absolute Gasteiger partial charge is 0.372 e. The lowest BCUT2D eigenvalue weighted by molar-refractivity contribution is 0.381. The summed E-state index contributed by atoms with van der Waals surface area (Å²) in [7, 11) is 0. The van der Waals surface area contributed by atoms with Gasteiger partial charge in [0.05, 0.1) is 0 Å². The number of hydrogen-bond acceptors (Lipinski definition) is 2. The van der Waals surface area contributed by atoms with Crippen LogP contribution in [0.4, 0.5) is 5.69 Å². The van der Waals surface area contributed by atoms with Crippen LogP contribution in [-0.2, 0) is 0 Å². The van der Waals surface area contributed by atoms with Crippen LogP contribution < -0.4 is 10.2 Å². The quantitative estimate of drug-likeness (QED) is 0.784. The van der Waals surface area contributed by atoms with Crippen molar-refractivity contribution >= 4 is 11.8 Å². The summed E-state index contributed by atoms with van der Waals surface area (Å²) in [5.41, 5.74) is 4.16. The van der Waals surface area contributed by atoms with Gasteiger partial charge in [-0.3, -0.25) is 0 Å². The summed E-state index contributed by atoms with van der Waals surface area (Å²) in [5, 5.41) is 3.82. The molecule has 0 spiro atoms. The number of hydrogen-bond donors (Lipinski definition) is 1. The Kier molecular flexibility index (Phi) is 5.40. The van der Waals surface area contributed by atoms with Gasteiger partial charge in [-0.15, -0.1) is 0 Å². The van der Waals surface area contributed by atoms with Crippen LogP contribution in [0.5, 0.6) is 0 Å². The molecule has 1 saturated heterocycles. The van der Waals surface area contributed by atoms with Gasteiger partial charge < -0.3 is 10.2 Å². The van der Waals surface area contributed by atoms with E-state index >= 15 is 0 Å². The van der Waals surface area contributed by atoms with E-state index in [4.69, 9.17) is 0 Å². The number of rotatable bonds is 6. The van der Waals surface area contributed by atoms with Gasteiger partial charge in [0.15, 0.2) is 0 Å². The Bertz CT molecular complexity index is 712. The molecule has 2 heteroatoms. The van der Waals surface area contributed by atoms with Gasteiger partial charge in [0.1, 0.15) is 0 Å². The third-order valence-electron chi connectivity index (χ3n) is 5.92. The highest BCUT2D eigenvalue weighted by atomic mass is 15.1. The molecule has 0 aromatic heterocycles. The number of benzene rings is 2. The topological polar surface area (TPSA) is 15.3 Å². The van der Waals surface area contributed by atoms with Crippen LogP contribution in [0.1, 0.15) is 43.2 Å². The molecule has 1 heterocycles. The highest BCUT2D eigenvalue weighted by Gasteiger charge is 2.38. The van der Waals surface area contributed by atoms with Gasteiger partial charge >= 0.3 is 0 Å². The van der Waals surface area contributed by atoms with E-state index in [-0.39, 0.29) is 0 Å². The Morgan fingerprint density at radius 3 is 2.42 bits per heavy atom. The summed E-state index contributed by atoms with van der Waals surface area (Å²) < 4.78 is 0. The summed E-state index contributed by atoms with van der Waals surface area (Å²) in [6, 6.07) is 20.6. The first-order chi connectivity index (χ1) is 12.8. The molecule has 4 rings (SSSR count). The molecule has 0 radical (unpaired) electrons. The second-order valence-electron chi connectivity index (χ2n) is 7.79. The van der Waals surface area contributed by atoms with E-state index in [1.807, 2.05) is 0 Å². The summed E-state index contributed by atoms with van der Waals surface area (Å²) >= 11 is 0. The van der Waals surface area contributed by atoms with Crippen molar-refractivity contribution in [3.63, 3.8) is 0 Å². The second kappa shape index (κ2) is 8.09. The minimum Gasteiger partial charge on any atom is -0.372 e. The van der Waals surface area contributed by atoms with E-state index < -0.39 is 0 Å². The zero-order valence-electron chi connectivity index (χ0n) is 15.8. The Morgan fingerprint density at radius 1 is 1.00 bits per heavy atom. The summed E-state index contributed by atoms with van der Waals surface area (Å²) in [6.07, 6.45) is 8.15. The van der Waals surface area contributed by atoms with Crippen LogP contribution in [0.25, 0.3) is 6.08 Å². The first-order valence-corrected chi connectivity index (χ1v) is 10.1. The number of anilines is 1. The molecule has 1 aliphatic heterocycles. The van der Waals surface area contributed by atoms with Crippen LogP contribution in [-0.4, -0.2) is 25.7 Å². The van der Waals surface area contributed by atoms with Crippen molar-refractivity contribution in [2.75, 3.05) is 24.5 Å². The summed E-state index contributed by atoms with van der Waals surface area (Å²) in [4.78, 5) is 2.54. The SMILES string of the molecule is C/C=C/c1ccc(N2CCC(CNC3CC3c3ccccc3)CC2)cc1. The summed E-state index contributed by atoms with van der Waals surface area (Å²) in [5.74, 6) is 1.57. The molecule has 2 atom stereocenters. The molecular weight excluding hydrogens is 316 g/mol. The highest BCUT2D eigenvalue weighted by molar-refractivity contribution is 5.55. The average molecular weight is 347 g/mol.